The predicted molar refractivity (Wildman–Crippen MR) is 105 cm³/mol. The Morgan fingerprint density at radius 3 is 2.70 bits per heavy atom. The smallest absolute Gasteiger partial charge is 0.317 e. The molecule has 148 valence electrons. The van der Waals surface area contributed by atoms with Gasteiger partial charge in [0, 0.05) is 25.8 Å². The van der Waals surface area contributed by atoms with Crippen molar-refractivity contribution in [2.75, 3.05) is 32.9 Å². The monoisotopic (exact) mass is 372 g/mol. The van der Waals surface area contributed by atoms with Crippen molar-refractivity contribution in [2.24, 2.45) is 11.3 Å². The first-order chi connectivity index (χ1) is 13.1. The van der Waals surface area contributed by atoms with E-state index in [1.807, 2.05) is 12.1 Å². The minimum absolute atomic E-state index is 0.0827. The van der Waals surface area contributed by atoms with Gasteiger partial charge < -0.3 is 19.7 Å². The van der Waals surface area contributed by atoms with Gasteiger partial charge in [-0.05, 0) is 74.1 Å². The third-order valence-electron chi connectivity index (χ3n) is 6.74. The first-order valence-electron chi connectivity index (χ1n) is 10.4. The van der Waals surface area contributed by atoms with Gasteiger partial charge in [-0.25, -0.2) is 4.79 Å². The summed E-state index contributed by atoms with van der Waals surface area (Å²) in [6.45, 7) is 7.77. The molecule has 1 spiro atoms. The van der Waals surface area contributed by atoms with Gasteiger partial charge in [0.15, 0.2) is 0 Å². The average molecular weight is 373 g/mol. The van der Waals surface area contributed by atoms with E-state index < -0.39 is 0 Å². The van der Waals surface area contributed by atoms with Gasteiger partial charge in [-0.2, -0.15) is 0 Å². The summed E-state index contributed by atoms with van der Waals surface area (Å²) < 4.78 is 11.4. The number of hydrogen-bond donors (Lipinski definition) is 1. The maximum absolute atomic E-state index is 12.9. The van der Waals surface area contributed by atoms with E-state index >= 15 is 0 Å². The minimum Gasteiger partial charge on any atom is -0.492 e. The van der Waals surface area contributed by atoms with Crippen molar-refractivity contribution in [2.45, 2.75) is 52.0 Å². The van der Waals surface area contributed by atoms with Crippen molar-refractivity contribution >= 4 is 6.03 Å². The second-order valence-electron chi connectivity index (χ2n) is 8.61. The zero-order valence-corrected chi connectivity index (χ0v) is 16.6. The van der Waals surface area contributed by atoms with E-state index in [0.717, 1.165) is 44.8 Å². The fraction of sp³-hybridized carbons (Fsp3) is 0.682. The Kier molecular flexibility index (Phi) is 5.31. The molecule has 2 aliphatic heterocycles. The van der Waals surface area contributed by atoms with Crippen LogP contribution in [-0.4, -0.2) is 49.9 Å². The van der Waals surface area contributed by atoms with Crippen LogP contribution in [0.25, 0.3) is 0 Å². The Labute approximate surface area is 162 Å². The molecule has 2 heterocycles. The largest absolute Gasteiger partial charge is 0.492 e. The van der Waals surface area contributed by atoms with Gasteiger partial charge in [-0.1, -0.05) is 12.5 Å². The molecule has 2 atom stereocenters. The molecule has 5 heteroatoms. The molecule has 1 saturated carbocycles. The van der Waals surface area contributed by atoms with Crippen LogP contribution in [0.3, 0.4) is 0 Å². The molecule has 1 aromatic rings. The highest BCUT2D eigenvalue weighted by Gasteiger charge is 2.55. The highest BCUT2D eigenvalue weighted by Crippen LogP contribution is 2.53. The number of nitrogens with zero attached hydrogens (tertiary/aromatic N) is 1. The standard InChI is InChI=1S/C22H32N2O3/c1-16-12-17(2)14-18(13-16)27-11-8-23-21(25)24-15-22(6-9-26-10-7-22)19-4-3-5-20(19)24/h12-14,19-20H,3-11,15H2,1-2H3,(H,23,25)/t19-,20+/m1/s1. The number of rotatable bonds is 4. The summed E-state index contributed by atoms with van der Waals surface area (Å²) in [5.74, 6) is 1.54. The molecule has 0 bridgehead atoms. The molecule has 4 rings (SSSR count). The Morgan fingerprint density at radius 1 is 1.22 bits per heavy atom. The van der Waals surface area contributed by atoms with Gasteiger partial charge in [0.05, 0.1) is 6.54 Å². The Morgan fingerprint density at radius 2 is 1.96 bits per heavy atom. The maximum atomic E-state index is 12.9. The Hall–Kier alpha value is -1.75. The third-order valence-corrected chi connectivity index (χ3v) is 6.74. The zero-order chi connectivity index (χ0) is 18.9. The highest BCUT2D eigenvalue weighted by molar-refractivity contribution is 5.75. The quantitative estimate of drug-likeness (QED) is 0.821. The molecule has 0 radical (unpaired) electrons. The van der Waals surface area contributed by atoms with Crippen LogP contribution >= 0.6 is 0 Å². The number of carbonyl (C=O) groups is 1. The summed E-state index contributed by atoms with van der Waals surface area (Å²) >= 11 is 0. The van der Waals surface area contributed by atoms with E-state index in [1.54, 1.807) is 0 Å². The van der Waals surface area contributed by atoms with Crippen LogP contribution in [0.15, 0.2) is 18.2 Å². The van der Waals surface area contributed by atoms with Crippen LogP contribution in [-0.2, 0) is 4.74 Å². The number of benzene rings is 1. The van der Waals surface area contributed by atoms with Crippen molar-refractivity contribution in [3.63, 3.8) is 0 Å². The molecule has 1 aromatic carbocycles. The van der Waals surface area contributed by atoms with Crippen molar-refractivity contribution in [3.8, 4) is 5.75 Å². The molecule has 1 aliphatic carbocycles. The number of amides is 2. The minimum atomic E-state index is 0.0827. The summed E-state index contributed by atoms with van der Waals surface area (Å²) in [6.07, 6.45) is 5.88. The number of carbonyl (C=O) groups excluding carboxylic acids is 1. The van der Waals surface area contributed by atoms with Crippen LogP contribution < -0.4 is 10.1 Å². The van der Waals surface area contributed by atoms with Crippen molar-refractivity contribution in [1.82, 2.24) is 10.2 Å². The van der Waals surface area contributed by atoms with Gasteiger partial charge >= 0.3 is 6.03 Å². The number of fused-ring (bicyclic) bond motifs is 2. The zero-order valence-electron chi connectivity index (χ0n) is 16.6. The first-order valence-corrected chi connectivity index (χ1v) is 10.4. The van der Waals surface area contributed by atoms with Crippen LogP contribution in [0.2, 0.25) is 0 Å². The normalized spacial score (nSPS) is 26.2. The SMILES string of the molecule is Cc1cc(C)cc(OCCNC(=O)N2CC3(CCOCC3)[C@@H]3CCC[C@@H]32)c1. The molecule has 1 N–H and O–H groups in total. The van der Waals surface area contributed by atoms with E-state index in [4.69, 9.17) is 9.47 Å². The van der Waals surface area contributed by atoms with Crippen LogP contribution in [0.5, 0.6) is 5.75 Å². The molecule has 3 aliphatic rings. The number of likely N-dealkylation sites (tertiary alicyclic amines) is 1. The summed E-state index contributed by atoms with van der Waals surface area (Å²) in [6, 6.07) is 6.70. The number of nitrogens with one attached hydrogen (secondary N) is 1. The van der Waals surface area contributed by atoms with Gasteiger partial charge in [0.25, 0.3) is 0 Å². The molecule has 2 amide bonds. The summed E-state index contributed by atoms with van der Waals surface area (Å²) in [5.41, 5.74) is 2.69. The fourth-order valence-corrected chi connectivity index (χ4v) is 5.58. The van der Waals surface area contributed by atoms with E-state index in [0.29, 0.717) is 30.5 Å². The van der Waals surface area contributed by atoms with E-state index in [2.05, 4.69) is 30.1 Å². The fourth-order valence-electron chi connectivity index (χ4n) is 5.58. The van der Waals surface area contributed by atoms with Gasteiger partial charge in [-0.3, -0.25) is 0 Å². The number of hydrogen-bond acceptors (Lipinski definition) is 3. The summed E-state index contributed by atoms with van der Waals surface area (Å²) in [5, 5.41) is 3.09. The van der Waals surface area contributed by atoms with Crippen molar-refractivity contribution < 1.29 is 14.3 Å². The van der Waals surface area contributed by atoms with Gasteiger partial charge in [-0.15, -0.1) is 0 Å². The highest BCUT2D eigenvalue weighted by atomic mass is 16.5. The predicted octanol–water partition coefficient (Wildman–Crippen LogP) is 3.67. The summed E-state index contributed by atoms with van der Waals surface area (Å²) in [7, 11) is 0. The van der Waals surface area contributed by atoms with E-state index in [9.17, 15) is 4.79 Å². The second kappa shape index (κ2) is 7.70. The van der Waals surface area contributed by atoms with E-state index in [-0.39, 0.29) is 6.03 Å². The van der Waals surface area contributed by atoms with Crippen LogP contribution in [0.4, 0.5) is 4.79 Å². The Balaban J connectivity index is 1.30. The lowest BCUT2D eigenvalue weighted by molar-refractivity contribution is -0.000408. The number of ether oxygens (including phenoxy) is 2. The lowest BCUT2D eigenvalue weighted by atomic mass is 9.71. The van der Waals surface area contributed by atoms with Gasteiger partial charge in [0.2, 0.25) is 0 Å². The molecular weight excluding hydrogens is 340 g/mol. The van der Waals surface area contributed by atoms with Crippen molar-refractivity contribution in [1.29, 1.82) is 0 Å². The summed E-state index contributed by atoms with van der Waals surface area (Å²) in [4.78, 5) is 15.0. The van der Waals surface area contributed by atoms with Crippen molar-refractivity contribution in [3.05, 3.63) is 29.3 Å². The molecule has 2 saturated heterocycles. The Bertz CT molecular complexity index is 664. The topological polar surface area (TPSA) is 50.8 Å². The van der Waals surface area contributed by atoms with Gasteiger partial charge in [0.1, 0.15) is 12.4 Å². The lowest BCUT2D eigenvalue weighted by Crippen LogP contribution is -2.45. The number of aryl methyl sites for hydroxylation is 2. The molecule has 27 heavy (non-hydrogen) atoms. The van der Waals surface area contributed by atoms with E-state index in [1.165, 1.54) is 24.0 Å². The van der Waals surface area contributed by atoms with Crippen LogP contribution in [0.1, 0.15) is 43.2 Å². The molecule has 0 aromatic heterocycles. The average Bonchev–Trinajstić information content (AvgIpc) is 3.22. The molecule has 5 nitrogen and oxygen atoms in total. The lowest BCUT2D eigenvalue weighted by Gasteiger charge is -2.37. The third kappa shape index (κ3) is 3.79. The second-order valence-corrected chi connectivity index (χ2v) is 8.61. The first kappa shape index (κ1) is 18.6. The molecule has 3 fully saturated rings. The molecule has 0 unspecified atom stereocenters. The maximum Gasteiger partial charge on any atom is 0.317 e. The number of urea groups is 1. The molecular formula is C22H32N2O3. The van der Waals surface area contributed by atoms with Crippen LogP contribution in [0, 0.1) is 25.2 Å².